The number of nitrogens with one attached hydrogen (secondary N) is 1. The van der Waals surface area contributed by atoms with Crippen LogP contribution in [0.1, 0.15) is 28.7 Å². The van der Waals surface area contributed by atoms with Crippen LogP contribution >= 0.6 is 11.3 Å². The first kappa shape index (κ1) is 14.8. The van der Waals surface area contributed by atoms with E-state index >= 15 is 0 Å². The van der Waals surface area contributed by atoms with Crippen LogP contribution < -0.4 is 5.32 Å². The summed E-state index contributed by atoms with van der Waals surface area (Å²) < 4.78 is 0. The third kappa shape index (κ3) is 3.54. The number of thiophene rings is 1. The van der Waals surface area contributed by atoms with Crippen LogP contribution in [0.2, 0.25) is 0 Å². The highest BCUT2D eigenvalue weighted by molar-refractivity contribution is 7.11. The molecule has 1 atom stereocenters. The second-order valence-electron chi connectivity index (χ2n) is 6.20. The van der Waals surface area contributed by atoms with Gasteiger partial charge in [-0.25, -0.2) is 0 Å². The lowest BCUT2D eigenvalue weighted by atomic mass is 9.91. The lowest BCUT2D eigenvalue weighted by Crippen LogP contribution is -2.46. The molecule has 1 N–H and O–H groups in total. The summed E-state index contributed by atoms with van der Waals surface area (Å²) in [5, 5.41) is 3.76. The molecular weight excluding hydrogens is 276 g/mol. The summed E-state index contributed by atoms with van der Waals surface area (Å²) in [7, 11) is 0. The highest BCUT2D eigenvalue weighted by Crippen LogP contribution is 2.26. The maximum Gasteiger partial charge on any atom is 0.0535 e. The minimum Gasteiger partial charge on any atom is -0.307 e. The fraction of sp³-hybridized carbons (Fsp3) is 0.444. The minimum atomic E-state index is 0.0457. The minimum absolute atomic E-state index is 0.0457. The van der Waals surface area contributed by atoms with Gasteiger partial charge in [0.1, 0.15) is 0 Å². The summed E-state index contributed by atoms with van der Waals surface area (Å²) in [5.74, 6) is 0. The van der Waals surface area contributed by atoms with E-state index in [2.05, 4.69) is 66.5 Å². The normalized spacial score (nSPS) is 23.9. The number of hydrogen-bond acceptors (Lipinski definition) is 3. The van der Waals surface area contributed by atoms with E-state index in [-0.39, 0.29) is 5.54 Å². The lowest BCUT2D eigenvalue weighted by molar-refractivity contribution is 0.215. The molecule has 2 heterocycles. The molecule has 21 heavy (non-hydrogen) atoms. The van der Waals surface area contributed by atoms with Crippen LogP contribution in [0.5, 0.6) is 0 Å². The summed E-state index contributed by atoms with van der Waals surface area (Å²) in [6, 6.07) is 15.4. The quantitative estimate of drug-likeness (QED) is 0.928. The zero-order valence-corrected chi connectivity index (χ0v) is 13.7. The fourth-order valence-electron chi connectivity index (χ4n) is 3.17. The number of benzene rings is 1. The predicted octanol–water partition coefficient (Wildman–Crippen LogP) is 3.77. The first-order valence-electron chi connectivity index (χ1n) is 7.74. The summed E-state index contributed by atoms with van der Waals surface area (Å²) in [6.07, 6.45) is 1.22. The second kappa shape index (κ2) is 6.30. The van der Waals surface area contributed by atoms with Crippen molar-refractivity contribution in [3.05, 3.63) is 57.8 Å². The molecule has 3 heteroatoms. The first-order chi connectivity index (χ1) is 10.2. The maximum absolute atomic E-state index is 3.76. The van der Waals surface area contributed by atoms with Crippen molar-refractivity contribution in [2.45, 2.75) is 32.4 Å². The van der Waals surface area contributed by atoms with Crippen molar-refractivity contribution in [3.63, 3.8) is 0 Å². The molecule has 0 saturated carbocycles. The standard InChI is InChI=1S/C18H24N2S/c1-15-9-10-17(21-15)13-20-12-6-11-19-18(2,14-20)16-7-4-3-5-8-16/h3-5,7-10,19H,6,11-14H2,1-2H3. The molecule has 2 nitrogen and oxygen atoms in total. The van der Waals surface area contributed by atoms with Gasteiger partial charge in [-0.15, -0.1) is 11.3 Å². The molecule has 1 saturated heterocycles. The van der Waals surface area contributed by atoms with Gasteiger partial charge in [-0.05, 0) is 51.1 Å². The molecule has 0 amide bonds. The predicted molar refractivity (Wildman–Crippen MR) is 90.7 cm³/mol. The molecule has 0 bridgehead atoms. The van der Waals surface area contributed by atoms with E-state index in [0.717, 1.165) is 19.6 Å². The molecule has 2 aromatic rings. The van der Waals surface area contributed by atoms with Crippen molar-refractivity contribution in [2.24, 2.45) is 0 Å². The Kier molecular flexibility index (Phi) is 4.43. The Bertz CT molecular complexity index is 578. The average Bonchev–Trinajstić information content (AvgIpc) is 2.79. The SMILES string of the molecule is Cc1ccc(CN2CCCNC(C)(c3ccccc3)C2)s1. The van der Waals surface area contributed by atoms with Crippen molar-refractivity contribution in [3.8, 4) is 0 Å². The highest BCUT2D eigenvalue weighted by atomic mass is 32.1. The number of hydrogen-bond donors (Lipinski definition) is 1. The van der Waals surface area contributed by atoms with Crippen LogP contribution in [0.25, 0.3) is 0 Å². The Balaban J connectivity index is 1.77. The Morgan fingerprint density at radius 3 is 2.71 bits per heavy atom. The van der Waals surface area contributed by atoms with Crippen LogP contribution in [0.15, 0.2) is 42.5 Å². The van der Waals surface area contributed by atoms with Gasteiger partial charge in [-0.1, -0.05) is 30.3 Å². The lowest BCUT2D eigenvalue weighted by Gasteiger charge is -2.34. The van der Waals surface area contributed by atoms with Gasteiger partial charge in [-0.2, -0.15) is 0 Å². The molecule has 0 spiro atoms. The zero-order chi connectivity index (χ0) is 14.7. The van der Waals surface area contributed by atoms with E-state index in [1.165, 1.54) is 28.3 Å². The van der Waals surface area contributed by atoms with E-state index in [4.69, 9.17) is 0 Å². The molecule has 1 aromatic heterocycles. The van der Waals surface area contributed by atoms with Crippen LogP contribution in [0.4, 0.5) is 0 Å². The van der Waals surface area contributed by atoms with Gasteiger partial charge in [-0.3, -0.25) is 4.90 Å². The van der Waals surface area contributed by atoms with Crippen molar-refractivity contribution in [1.82, 2.24) is 10.2 Å². The third-order valence-corrected chi connectivity index (χ3v) is 5.28. The van der Waals surface area contributed by atoms with E-state index in [0.29, 0.717) is 0 Å². The Morgan fingerprint density at radius 2 is 2.00 bits per heavy atom. The topological polar surface area (TPSA) is 15.3 Å². The molecular formula is C18H24N2S. The summed E-state index contributed by atoms with van der Waals surface area (Å²) >= 11 is 1.92. The fourth-order valence-corrected chi connectivity index (χ4v) is 4.11. The summed E-state index contributed by atoms with van der Waals surface area (Å²) in [5.41, 5.74) is 1.43. The van der Waals surface area contributed by atoms with E-state index in [9.17, 15) is 0 Å². The molecule has 1 aromatic carbocycles. The van der Waals surface area contributed by atoms with Crippen LogP contribution in [-0.4, -0.2) is 24.5 Å². The molecule has 3 rings (SSSR count). The molecule has 1 aliphatic rings. The molecule has 1 aliphatic heterocycles. The smallest absolute Gasteiger partial charge is 0.0535 e. The molecule has 1 fully saturated rings. The van der Waals surface area contributed by atoms with Crippen LogP contribution in [0.3, 0.4) is 0 Å². The third-order valence-electron chi connectivity index (χ3n) is 4.29. The van der Waals surface area contributed by atoms with E-state index < -0.39 is 0 Å². The van der Waals surface area contributed by atoms with Gasteiger partial charge < -0.3 is 5.32 Å². The van der Waals surface area contributed by atoms with Gasteiger partial charge in [0.2, 0.25) is 0 Å². The number of rotatable bonds is 3. The van der Waals surface area contributed by atoms with E-state index in [1.54, 1.807) is 0 Å². The molecule has 0 radical (unpaired) electrons. The van der Waals surface area contributed by atoms with Gasteiger partial charge in [0.25, 0.3) is 0 Å². The average molecular weight is 300 g/mol. The first-order valence-corrected chi connectivity index (χ1v) is 8.56. The monoisotopic (exact) mass is 300 g/mol. The van der Waals surface area contributed by atoms with E-state index in [1.807, 2.05) is 11.3 Å². The molecule has 112 valence electrons. The maximum atomic E-state index is 3.76. The van der Waals surface area contributed by atoms with Crippen molar-refractivity contribution < 1.29 is 0 Å². The summed E-state index contributed by atoms with van der Waals surface area (Å²) in [4.78, 5) is 5.48. The summed E-state index contributed by atoms with van der Waals surface area (Å²) in [6.45, 7) is 8.92. The van der Waals surface area contributed by atoms with Crippen LogP contribution in [0, 0.1) is 6.92 Å². The number of nitrogens with zero attached hydrogens (tertiary/aromatic N) is 1. The highest BCUT2D eigenvalue weighted by Gasteiger charge is 2.30. The van der Waals surface area contributed by atoms with Gasteiger partial charge in [0.15, 0.2) is 0 Å². The van der Waals surface area contributed by atoms with Gasteiger partial charge >= 0.3 is 0 Å². The Morgan fingerprint density at radius 1 is 1.19 bits per heavy atom. The van der Waals surface area contributed by atoms with Crippen LogP contribution in [-0.2, 0) is 12.1 Å². The number of aryl methyl sites for hydroxylation is 1. The largest absolute Gasteiger partial charge is 0.307 e. The molecule has 1 unspecified atom stereocenters. The Labute approximate surface area is 131 Å². The van der Waals surface area contributed by atoms with Crippen molar-refractivity contribution in [2.75, 3.05) is 19.6 Å². The van der Waals surface area contributed by atoms with Gasteiger partial charge in [0, 0.05) is 22.8 Å². The van der Waals surface area contributed by atoms with Crippen molar-refractivity contribution >= 4 is 11.3 Å². The van der Waals surface area contributed by atoms with Gasteiger partial charge in [0.05, 0.1) is 5.54 Å². The molecule has 0 aliphatic carbocycles. The van der Waals surface area contributed by atoms with Crippen molar-refractivity contribution in [1.29, 1.82) is 0 Å². The zero-order valence-electron chi connectivity index (χ0n) is 12.9. The Hall–Kier alpha value is -1.16. The second-order valence-corrected chi connectivity index (χ2v) is 7.57.